The van der Waals surface area contributed by atoms with Gasteiger partial charge in [-0.1, -0.05) is 103 Å². The fourth-order valence-electron chi connectivity index (χ4n) is 16.6. The summed E-state index contributed by atoms with van der Waals surface area (Å²) in [4.78, 5) is 93.3. The Balaban J connectivity index is 0.000000111. The van der Waals surface area contributed by atoms with Crippen LogP contribution in [0.2, 0.25) is 0 Å². The average molecular weight is 1930 g/mol. The standard InChI is InChI=1S/C22H23FN4O3S.C22H24N4O3S.C20H20N4O3S.C20H18N4O.C19H15FN4O/c23-18-12-16(6-7-17(18)13-26-8-10-31(29,30)11-9-26)19-2-1-3-21-24-20(14-27(19)21)25-22(28)15-4-5-15;27-22(17-7-8-17)24-20-15-26-19(5-2-6-21(26)23-20)18-4-1-3-16(13-18)14-25-9-11-30(28,29)12-10-25;25-20(14-4-5-14)22-18-12-24-17(2-1-3-19(24)21-18)13-6-8-15(9-7-13)23-28(26,27)16-10-11-16;1-13(21-2)14-6-8-15(9-7-14)17-4-3-5-19-22-18(12-24(17)19)23-20(25)16-10-11-16;1-21-10-14-8-7-13(9-15(14)20)16-3-2-4-18-22-17(11-24(16)18)23-19(25)12-5-6-12/h1-3,6-7,12,14-15H,4-5,8-11,13H2,(H,25,28);1-6,13,15,17H,7-12,14H2,(H,24,27);1-3,6-9,12,14,16,23H,4-5,10-11H2,(H,22,25);3-9,12-13,16H,10-11H2,1H3,(H,23,25);2-4,7-9,11-12H,5-6,10H2,(H,23,25). The molecule has 8 aliphatic rings. The lowest BCUT2D eigenvalue weighted by Crippen LogP contribution is -2.39. The minimum Gasteiger partial charge on any atom is -0.312 e. The van der Waals surface area contributed by atoms with Gasteiger partial charge < -0.3 is 36.3 Å². The van der Waals surface area contributed by atoms with Gasteiger partial charge in [0.05, 0.1) is 93.3 Å². The molecule has 8 fully saturated rings. The molecule has 0 bridgehead atoms. The fraction of sp³-hybridized carbons (Fsp3) is 0.301. The lowest BCUT2D eigenvalue weighted by molar-refractivity contribution is -0.118. The quantitative estimate of drug-likeness (QED) is 0.0306. The first-order chi connectivity index (χ1) is 67.1. The number of hydrogen-bond acceptors (Lipinski definition) is 18. The summed E-state index contributed by atoms with van der Waals surface area (Å²) < 4.78 is 112. The molecule has 5 aromatic carbocycles. The number of carbonyl (C=O) groups excluding carboxylic acids is 5. The van der Waals surface area contributed by atoms with Crippen LogP contribution in [0.3, 0.4) is 0 Å². The van der Waals surface area contributed by atoms with Gasteiger partial charge in [0, 0.05) is 104 Å². The zero-order valence-corrected chi connectivity index (χ0v) is 78.4. The number of nitrogens with one attached hydrogen (secondary N) is 6. The molecule has 5 amide bonds. The molecule has 710 valence electrons. The minimum absolute atomic E-state index is 0.000465. The van der Waals surface area contributed by atoms with Gasteiger partial charge in [-0.2, -0.15) is 0 Å². The summed E-state index contributed by atoms with van der Waals surface area (Å²) in [5.41, 5.74) is 16.2. The van der Waals surface area contributed by atoms with E-state index in [4.69, 9.17) is 13.1 Å². The van der Waals surface area contributed by atoms with Gasteiger partial charge in [0.2, 0.25) is 52.1 Å². The summed E-state index contributed by atoms with van der Waals surface area (Å²) in [6.45, 7) is 19.0. The van der Waals surface area contributed by atoms with Crippen molar-refractivity contribution < 1.29 is 58.0 Å². The van der Waals surface area contributed by atoms with Crippen LogP contribution < -0.4 is 31.3 Å². The maximum atomic E-state index is 14.9. The highest BCUT2D eigenvalue weighted by atomic mass is 32.2. The van der Waals surface area contributed by atoms with Crippen molar-refractivity contribution in [2.75, 3.05) is 80.5 Å². The predicted molar refractivity (Wildman–Crippen MR) is 529 cm³/mol. The van der Waals surface area contributed by atoms with Crippen LogP contribution in [-0.4, -0.2) is 166 Å². The maximum absolute atomic E-state index is 14.9. The summed E-state index contributed by atoms with van der Waals surface area (Å²) >= 11 is 0. The predicted octanol–water partition coefficient (Wildman–Crippen LogP) is 16.8. The van der Waals surface area contributed by atoms with Gasteiger partial charge in [-0.3, -0.25) is 60.5 Å². The van der Waals surface area contributed by atoms with Gasteiger partial charge in [0.25, 0.3) is 0 Å². The third kappa shape index (κ3) is 22.9. The first-order valence-corrected chi connectivity index (χ1v) is 51.7. The second kappa shape index (κ2) is 39.8. The number of fused-ring (bicyclic) bond motifs is 5. The molecule has 139 heavy (non-hydrogen) atoms. The molecule has 0 spiro atoms. The van der Waals surface area contributed by atoms with Crippen LogP contribution in [0.4, 0.5) is 43.6 Å². The molecular weight excluding hydrogens is 1830 g/mol. The van der Waals surface area contributed by atoms with Crippen molar-refractivity contribution in [3.63, 3.8) is 0 Å². The van der Waals surface area contributed by atoms with Gasteiger partial charge in [-0.05, 0) is 196 Å². The van der Waals surface area contributed by atoms with E-state index in [1.54, 1.807) is 42.7 Å². The number of imidazole rings is 5. The van der Waals surface area contributed by atoms with Crippen molar-refractivity contribution in [3.8, 4) is 56.3 Å². The number of hydrogen-bond donors (Lipinski definition) is 6. The zero-order chi connectivity index (χ0) is 96.4. The first kappa shape index (κ1) is 93.3. The number of halogens is 2. The Labute approximate surface area is 801 Å². The Kier molecular flexibility index (Phi) is 26.7. The fourth-order valence-corrected chi connectivity index (χ4v) is 20.6. The highest BCUT2D eigenvalue weighted by Crippen LogP contribution is 2.39. The van der Waals surface area contributed by atoms with Gasteiger partial charge in [0.15, 0.2) is 48.8 Å². The van der Waals surface area contributed by atoms with Gasteiger partial charge in [-0.25, -0.2) is 72.1 Å². The number of carbonyl (C=O) groups is 5. The van der Waals surface area contributed by atoms with Gasteiger partial charge in [-0.15, -0.1) is 0 Å². The summed E-state index contributed by atoms with van der Waals surface area (Å²) in [6, 6.07) is 62.1. The molecule has 15 aromatic rings. The molecule has 1 unspecified atom stereocenters. The maximum Gasteiger partial charge on any atom is 0.245 e. The Morgan fingerprint density at radius 3 is 1.02 bits per heavy atom. The second-order valence-electron chi connectivity index (χ2n) is 36.5. The molecule has 23 rings (SSSR count). The van der Waals surface area contributed by atoms with Crippen LogP contribution in [0.25, 0.3) is 94.2 Å². The molecule has 31 nitrogen and oxygen atoms in total. The van der Waals surface area contributed by atoms with Crippen LogP contribution in [-0.2, 0) is 73.3 Å². The number of pyridine rings is 5. The van der Waals surface area contributed by atoms with E-state index in [9.17, 15) is 58.0 Å². The molecule has 6 N–H and O–H groups in total. The number of sulfone groups is 2. The number of aromatic nitrogens is 10. The van der Waals surface area contributed by atoms with E-state index in [-0.39, 0.29) is 106 Å². The summed E-state index contributed by atoms with van der Waals surface area (Å²) in [5.74, 6) is 3.39. The van der Waals surface area contributed by atoms with Crippen molar-refractivity contribution in [1.29, 1.82) is 0 Å². The molecular formula is C103H100F2N20O11S3. The van der Waals surface area contributed by atoms with Crippen molar-refractivity contribution in [3.05, 3.63) is 288 Å². The van der Waals surface area contributed by atoms with Crippen LogP contribution in [0.5, 0.6) is 0 Å². The van der Waals surface area contributed by atoms with Crippen LogP contribution in [0, 0.1) is 54.4 Å². The molecule has 1 atom stereocenters. The van der Waals surface area contributed by atoms with Crippen LogP contribution in [0.15, 0.2) is 231 Å². The third-order valence-electron chi connectivity index (χ3n) is 25.6. The lowest BCUT2D eigenvalue weighted by atomic mass is 10.0. The van der Waals surface area contributed by atoms with E-state index in [2.05, 4.69) is 89.0 Å². The van der Waals surface area contributed by atoms with E-state index in [1.807, 2.05) is 192 Å². The zero-order valence-electron chi connectivity index (χ0n) is 76.0. The molecule has 0 radical (unpaired) electrons. The molecule has 6 aliphatic carbocycles. The van der Waals surface area contributed by atoms with Crippen molar-refractivity contribution >= 4 is 122 Å². The van der Waals surface area contributed by atoms with Crippen molar-refractivity contribution in [2.24, 2.45) is 29.6 Å². The molecule has 2 saturated heterocycles. The molecule has 6 saturated carbocycles. The highest BCUT2D eigenvalue weighted by molar-refractivity contribution is 7.93. The van der Waals surface area contributed by atoms with E-state index in [0.29, 0.717) is 101 Å². The first-order valence-electron chi connectivity index (χ1n) is 46.5. The summed E-state index contributed by atoms with van der Waals surface area (Å²) in [6.07, 6.45) is 20.0. The number of rotatable bonds is 24. The number of sulfonamides is 1. The molecule has 36 heteroatoms. The van der Waals surface area contributed by atoms with Gasteiger partial charge >= 0.3 is 0 Å². The Morgan fingerprint density at radius 1 is 0.388 bits per heavy atom. The van der Waals surface area contributed by atoms with Crippen LogP contribution in [0.1, 0.15) is 112 Å². The minimum atomic E-state index is -3.27. The average Bonchev–Trinajstić information content (AvgIpc) is 1.74. The lowest BCUT2D eigenvalue weighted by Gasteiger charge is -2.26. The number of nitrogens with zero attached hydrogens (tertiary/aromatic N) is 14. The van der Waals surface area contributed by atoms with E-state index in [1.165, 1.54) is 12.1 Å². The van der Waals surface area contributed by atoms with E-state index >= 15 is 0 Å². The molecule has 10 aromatic heterocycles. The number of benzene rings is 5. The van der Waals surface area contributed by atoms with Crippen molar-refractivity contribution in [1.82, 2.24) is 56.7 Å². The summed E-state index contributed by atoms with van der Waals surface area (Å²) in [5, 5.41) is 14.1. The van der Waals surface area contributed by atoms with Crippen LogP contribution >= 0.6 is 0 Å². The SMILES string of the molecule is O=C(Nc1cn2c(-c3ccc(CN4CCS(=O)(=O)CC4)c(F)c3)cccc2n1)C1CC1.O=C(Nc1cn2c(-c3ccc(NS(=O)(=O)C4CC4)cc3)cccc2n1)C1CC1.O=C(Nc1cn2c(-c3cccc(CN4CCS(=O)(=O)CC4)c3)cccc2n1)C1CC1.[C-]#[N+]C(C)c1ccc(-c2cccc3nc(NC(=O)C4CC4)cn23)cc1.[C-]#[N+]Cc1ccc(-c2cccc3nc(NC(=O)C4CC4)cn23)cc1F. The Hall–Kier alpha value is -14.7. The summed E-state index contributed by atoms with van der Waals surface area (Å²) in [7, 11) is -9.10. The third-order valence-corrected chi connectivity index (χ3v) is 30.7. The van der Waals surface area contributed by atoms with Crippen molar-refractivity contribution in [2.45, 2.75) is 115 Å². The molecule has 2 aliphatic heterocycles. The Morgan fingerprint density at radius 2 is 0.698 bits per heavy atom. The Bertz CT molecular complexity index is 7710. The normalized spacial score (nSPS) is 16.8. The molecule has 12 heterocycles. The number of amides is 5. The highest BCUT2D eigenvalue weighted by Gasteiger charge is 2.38. The van der Waals surface area contributed by atoms with Gasteiger partial charge in [0.1, 0.15) is 39.9 Å². The largest absolute Gasteiger partial charge is 0.312 e. The van der Waals surface area contributed by atoms with E-state index in [0.717, 1.165) is 157 Å². The smallest absolute Gasteiger partial charge is 0.245 e. The topological polar surface area (TPSA) is 362 Å². The number of anilines is 6. The second-order valence-corrected chi connectivity index (χ2v) is 43.0. The van der Waals surface area contributed by atoms with E-state index < -0.39 is 35.5 Å². The monoisotopic (exact) mass is 1930 g/mol.